The van der Waals surface area contributed by atoms with Gasteiger partial charge in [-0.05, 0) is 105 Å². The quantitative estimate of drug-likeness (QED) is 0.142. The van der Waals surface area contributed by atoms with Crippen molar-refractivity contribution < 1.29 is 25.5 Å². The van der Waals surface area contributed by atoms with Crippen LogP contribution in [0.1, 0.15) is 0 Å². The van der Waals surface area contributed by atoms with Gasteiger partial charge in [0, 0.05) is 33.2 Å². The monoisotopic (exact) mass is 1230 g/mol. The number of hydrogen-bond donors (Lipinski definition) is 0. The summed E-state index contributed by atoms with van der Waals surface area (Å²) in [5, 5.41) is 6.29. The summed E-state index contributed by atoms with van der Waals surface area (Å²) < 4.78 is 16.5. The first-order valence-corrected chi connectivity index (χ1v) is 27.3. The molecule has 12 aromatic carbocycles. The van der Waals surface area contributed by atoms with E-state index in [1.165, 1.54) is 0 Å². The molecule has 0 saturated heterocycles. The summed E-state index contributed by atoms with van der Waals surface area (Å²) in [4.78, 5) is 11.1. The molecule has 0 aliphatic carbocycles. The van der Waals surface area contributed by atoms with Gasteiger partial charge in [0.2, 0.25) is 5.95 Å². The zero-order valence-corrected chi connectivity index (χ0v) is 46.1. The number of imidazole rings is 2. The van der Waals surface area contributed by atoms with E-state index in [0.29, 0.717) is 5.58 Å². The van der Waals surface area contributed by atoms with E-state index in [9.17, 15) is 0 Å². The van der Waals surface area contributed by atoms with E-state index in [-0.39, 0.29) is 21.1 Å². The topological polar surface area (TPSA) is 58.6 Å². The van der Waals surface area contributed by atoms with Crippen LogP contribution >= 0.6 is 0 Å². The molecule has 7 nitrogen and oxygen atoms in total. The van der Waals surface area contributed by atoms with E-state index < -0.39 is 0 Å². The SMILES string of the molecule is [Pt+2].[c-]1c(-n2c3[c-]c(-c4nc5ccccc5n4-c4ccccc4-c4ccccc4)c4oc5ccc(-c6ccccc6)cc5c4c3c3ccccc32)ccc2c3ccccc3n(-c3nc4ccccc4n3-c3ccccc3-c3ccccc3)c12. The molecule has 0 radical (unpaired) electrons. The Morgan fingerprint density at radius 1 is 0.341 bits per heavy atom. The predicted octanol–water partition coefficient (Wildman–Crippen LogP) is 18.7. The summed E-state index contributed by atoms with van der Waals surface area (Å²) in [6.07, 6.45) is 0. The number of para-hydroxylation sites is 8. The van der Waals surface area contributed by atoms with Gasteiger partial charge in [0.1, 0.15) is 5.58 Å². The van der Waals surface area contributed by atoms with Crippen LogP contribution in [0.3, 0.4) is 0 Å². The molecule has 0 fully saturated rings. The minimum atomic E-state index is 0. The Hall–Kier alpha value is -10.3. The normalized spacial score (nSPS) is 11.8. The average molecular weight is 1230 g/mol. The number of nitrogens with zero attached hydrogens (tertiary/aromatic N) is 6. The number of rotatable bonds is 8. The van der Waals surface area contributed by atoms with Crippen molar-refractivity contribution >= 4 is 87.6 Å². The largest absolute Gasteiger partial charge is 2.00 e. The van der Waals surface area contributed by atoms with Crippen LogP contribution in [0.2, 0.25) is 0 Å². The zero-order chi connectivity index (χ0) is 53.1. The summed E-state index contributed by atoms with van der Waals surface area (Å²) in [6, 6.07) is 102. The summed E-state index contributed by atoms with van der Waals surface area (Å²) in [5.74, 6) is 1.49. The van der Waals surface area contributed by atoms with Gasteiger partial charge in [-0.25, -0.2) is 4.98 Å². The molecule has 0 aliphatic heterocycles. The Balaban J connectivity index is 0.00000553. The molecule has 5 aromatic heterocycles. The van der Waals surface area contributed by atoms with E-state index in [0.717, 1.165) is 150 Å². The van der Waals surface area contributed by atoms with E-state index in [4.69, 9.17) is 14.4 Å². The molecule has 0 aliphatic rings. The van der Waals surface area contributed by atoms with Crippen LogP contribution in [-0.2, 0) is 21.1 Å². The van der Waals surface area contributed by atoms with Crippen LogP contribution in [-0.4, -0.2) is 28.2 Å². The first kappa shape index (κ1) is 47.6. The molecule has 82 heavy (non-hydrogen) atoms. The van der Waals surface area contributed by atoms with Gasteiger partial charge in [-0.1, -0.05) is 216 Å². The van der Waals surface area contributed by atoms with Crippen molar-refractivity contribution in [3.05, 3.63) is 279 Å². The van der Waals surface area contributed by atoms with Gasteiger partial charge in [0.15, 0.2) is 0 Å². The third-order valence-electron chi connectivity index (χ3n) is 16.2. The molecule has 8 heteroatoms. The van der Waals surface area contributed by atoms with Gasteiger partial charge in [-0.15, -0.1) is 23.6 Å². The van der Waals surface area contributed by atoms with Crippen LogP contribution in [0.5, 0.6) is 0 Å². The Kier molecular flexibility index (Phi) is 11.0. The zero-order valence-electron chi connectivity index (χ0n) is 43.8. The molecule has 0 bridgehead atoms. The Bertz CT molecular complexity index is 5360. The van der Waals surface area contributed by atoms with E-state index in [1.807, 2.05) is 0 Å². The number of furan rings is 1. The number of fused-ring (bicyclic) bond motifs is 12. The second-order valence-corrected chi connectivity index (χ2v) is 20.7. The number of aromatic nitrogens is 6. The molecule has 0 saturated carbocycles. The van der Waals surface area contributed by atoms with Crippen molar-refractivity contribution in [3.63, 3.8) is 0 Å². The molecule has 0 unspecified atom stereocenters. The van der Waals surface area contributed by atoms with Crippen molar-refractivity contribution in [1.29, 1.82) is 0 Å². The van der Waals surface area contributed by atoms with Crippen molar-refractivity contribution in [1.82, 2.24) is 28.2 Å². The molecule has 5 heterocycles. The molecule has 0 N–H and O–H groups in total. The average Bonchev–Trinajstić information content (AvgIpc) is 4.40. The summed E-state index contributed by atoms with van der Waals surface area (Å²) in [6.45, 7) is 0. The molecular weight excluding hydrogens is 1180 g/mol. The fraction of sp³-hybridized carbons (Fsp3) is 0. The summed E-state index contributed by atoms with van der Waals surface area (Å²) in [5.41, 5.74) is 19.4. The molecule has 0 atom stereocenters. The van der Waals surface area contributed by atoms with Crippen LogP contribution in [0, 0.1) is 12.1 Å². The second kappa shape index (κ2) is 18.9. The fourth-order valence-electron chi connectivity index (χ4n) is 12.6. The Morgan fingerprint density at radius 3 is 1.56 bits per heavy atom. The molecule has 0 amide bonds. The molecule has 17 rings (SSSR count). The Morgan fingerprint density at radius 2 is 0.878 bits per heavy atom. The summed E-state index contributed by atoms with van der Waals surface area (Å²) >= 11 is 0. The van der Waals surface area contributed by atoms with E-state index in [2.05, 4.69) is 297 Å². The second-order valence-electron chi connectivity index (χ2n) is 20.7. The van der Waals surface area contributed by atoms with E-state index >= 15 is 0 Å². The third-order valence-corrected chi connectivity index (χ3v) is 16.2. The molecule has 386 valence electrons. The van der Waals surface area contributed by atoms with Gasteiger partial charge in [-0.2, -0.15) is 6.07 Å². The van der Waals surface area contributed by atoms with E-state index in [1.54, 1.807) is 0 Å². The van der Waals surface area contributed by atoms with Gasteiger partial charge >= 0.3 is 21.1 Å². The number of benzene rings is 12. The van der Waals surface area contributed by atoms with Crippen LogP contribution in [0.4, 0.5) is 0 Å². The first-order valence-electron chi connectivity index (χ1n) is 27.3. The van der Waals surface area contributed by atoms with Crippen LogP contribution < -0.4 is 0 Å². The standard InChI is InChI=1S/C74H44N6O.Pt/c1-4-22-47(23-5-1)50-40-43-69-57(44-50)71-70-56-31-13-19-37-64(56)77(68(70)46-58(72(71)81-69)73-75-59-32-14-20-38-65(59)78(73)61-34-16-10-28-52(61)48-24-6-2-7-25-48)51-41-42-55-54-30-12-18-36-63(54)80(67(55)45-51)74-76-60-33-15-21-39-66(60)79(74)62-35-17-11-29-53(62)49-26-8-3-9-27-49;/h1-44H;/q-2;+2. The van der Waals surface area contributed by atoms with Gasteiger partial charge in [0.25, 0.3) is 0 Å². The Labute approximate surface area is 485 Å². The van der Waals surface area contributed by atoms with Crippen molar-refractivity contribution in [3.8, 4) is 67.8 Å². The van der Waals surface area contributed by atoms with Gasteiger partial charge in [0.05, 0.1) is 39.2 Å². The molecule has 0 spiro atoms. The van der Waals surface area contributed by atoms with Crippen molar-refractivity contribution in [2.75, 3.05) is 0 Å². The van der Waals surface area contributed by atoms with Gasteiger partial charge < -0.3 is 18.1 Å². The molecule has 17 aromatic rings. The fourth-order valence-corrected chi connectivity index (χ4v) is 12.6. The van der Waals surface area contributed by atoms with Crippen LogP contribution in [0.25, 0.3) is 155 Å². The molecular formula is C74H44N6OPt. The van der Waals surface area contributed by atoms with Crippen molar-refractivity contribution in [2.24, 2.45) is 0 Å². The van der Waals surface area contributed by atoms with Gasteiger partial charge in [-0.3, -0.25) is 9.55 Å². The maximum Gasteiger partial charge on any atom is 2.00 e. The van der Waals surface area contributed by atoms with Crippen LogP contribution in [0.15, 0.2) is 271 Å². The predicted molar refractivity (Wildman–Crippen MR) is 331 cm³/mol. The smallest absolute Gasteiger partial charge is 0.501 e. The number of hydrogen-bond acceptors (Lipinski definition) is 3. The maximum absolute atomic E-state index is 7.25. The first-order chi connectivity index (χ1) is 40.2. The minimum Gasteiger partial charge on any atom is -0.501 e. The minimum absolute atomic E-state index is 0. The third kappa shape index (κ3) is 7.20. The summed E-state index contributed by atoms with van der Waals surface area (Å²) in [7, 11) is 0. The maximum atomic E-state index is 7.25. The van der Waals surface area contributed by atoms with Crippen molar-refractivity contribution in [2.45, 2.75) is 0 Å².